The minimum Gasteiger partial charge on any atom is -0.454 e. The Bertz CT molecular complexity index is 859. The summed E-state index contributed by atoms with van der Waals surface area (Å²) in [5.41, 5.74) is 4.29. The van der Waals surface area contributed by atoms with Gasteiger partial charge in [-0.3, -0.25) is 0 Å². The van der Waals surface area contributed by atoms with E-state index < -0.39 is 0 Å². The molecule has 2 aliphatic rings. The number of rotatable bonds is 5. The third-order valence-electron chi connectivity index (χ3n) is 5.29. The molecule has 0 bridgehead atoms. The van der Waals surface area contributed by atoms with Crippen molar-refractivity contribution < 1.29 is 18.4 Å². The standard InChI is InChI=1S/C22H25FNO2/c1-3-4-5-9-19-17-13-22-21(25-14-26-22)12-16(17)11-15(2)24(19)20-10-7-6-8-18(20)23/h6-8,10,12-13,15H,3-5,9,11,14H2,1-2H3/q+1. The number of para-hydroxylation sites is 1. The van der Waals surface area contributed by atoms with Crippen molar-refractivity contribution in [2.45, 2.75) is 52.0 Å². The van der Waals surface area contributed by atoms with Gasteiger partial charge in [0.2, 0.25) is 12.5 Å². The highest BCUT2D eigenvalue weighted by Gasteiger charge is 2.35. The molecule has 2 aliphatic heterocycles. The van der Waals surface area contributed by atoms with Gasteiger partial charge in [-0.25, -0.2) is 0 Å². The van der Waals surface area contributed by atoms with Crippen LogP contribution < -0.4 is 9.47 Å². The number of hydrogen-bond donors (Lipinski definition) is 0. The second-order valence-electron chi connectivity index (χ2n) is 7.14. The van der Waals surface area contributed by atoms with E-state index in [1.54, 1.807) is 12.1 Å². The Hall–Kier alpha value is -2.36. The van der Waals surface area contributed by atoms with Gasteiger partial charge in [-0.05, 0) is 37.1 Å². The lowest BCUT2D eigenvalue weighted by Gasteiger charge is -2.24. The van der Waals surface area contributed by atoms with Gasteiger partial charge in [0.05, 0.1) is 0 Å². The first-order chi connectivity index (χ1) is 12.7. The van der Waals surface area contributed by atoms with E-state index in [9.17, 15) is 4.39 Å². The first-order valence-electron chi connectivity index (χ1n) is 9.51. The molecule has 0 amide bonds. The van der Waals surface area contributed by atoms with Crippen molar-refractivity contribution in [3.8, 4) is 11.5 Å². The van der Waals surface area contributed by atoms with Crippen LogP contribution >= 0.6 is 0 Å². The molecule has 3 nitrogen and oxygen atoms in total. The summed E-state index contributed by atoms with van der Waals surface area (Å²) >= 11 is 0. The maximum atomic E-state index is 14.6. The van der Waals surface area contributed by atoms with Gasteiger partial charge in [0.25, 0.3) is 0 Å². The van der Waals surface area contributed by atoms with E-state index in [1.807, 2.05) is 12.1 Å². The van der Waals surface area contributed by atoms with Crippen molar-refractivity contribution >= 4 is 11.4 Å². The third kappa shape index (κ3) is 2.98. The molecule has 1 unspecified atom stereocenters. The van der Waals surface area contributed by atoms with E-state index in [1.165, 1.54) is 23.3 Å². The van der Waals surface area contributed by atoms with E-state index in [2.05, 4.69) is 30.6 Å². The van der Waals surface area contributed by atoms with Gasteiger partial charge in [0.15, 0.2) is 29.1 Å². The Labute approximate surface area is 154 Å². The molecule has 2 aromatic carbocycles. The van der Waals surface area contributed by atoms with Gasteiger partial charge >= 0.3 is 0 Å². The zero-order chi connectivity index (χ0) is 18.1. The van der Waals surface area contributed by atoms with Crippen LogP contribution in [0, 0.1) is 5.82 Å². The molecule has 0 spiro atoms. The number of nitrogens with zero attached hydrogens (tertiary/aromatic N) is 1. The van der Waals surface area contributed by atoms with Crippen LogP contribution in [0.5, 0.6) is 11.5 Å². The molecule has 26 heavy (non-hydrogen) atoms. The van der Waals surface area contributed by atoms with E-state index >= 15 is 0 Å². The van der Waals surface area contributed by atoms with Crippen molar-refractivity contribution in [2.24, 2.45) is 0 Å². The first kappa shape index (κ1) is 17.1. The van der Waals surface area contributed by atoms with Crippen LogP contribution in [0.15, 0.2) is 36.4 Å². The molecule has 136 valence electrons. The summed E-state index contributed by atoms with van der Waals surface area (Å²) in [6.45, 7) is 4.64. The maximum Gasteiger partial charge on any atom is 0.241 e. The number of benzene rings is 2. The van der Waals surface area contributed by atoms with Crippen LogP contribution in [0.3, 0.4) is 0 Å². The fourth-order valence-corrected chi connectivity index (χ4v) is 4.05. The van der Waals surface area contributed by atoms with E-state index in [-0.39, 0.29) is 18.7 Å². The zero-order valence-corrected chi connectivity index (χ0v) is 15.4. The van der Waals surface area contributed by atoms with Crippen molar-refractivity contribution in [2.75, 3.05) is 6.79 Å². The highest BCUT2D eigenvalue weighted by molar-refractivity contribution is 6.00. The smallest absolute Gasteiger partial charge is 0.241 e. The second kappa shape index (κ2) is 7.10. The summed E-state index contributed by atoms with van der Waals surface area (Å²) in [5.74, 6) is 1.44. The number of ether oxygens (including phenoxy) is 2. The Morgan fingerprint density at radius 1 is 1.12 bits per heavy atom. The minimum atomic E-state index is -0.170. The van der Waals surface area contributed by atoms with Crippen LogP contribution in [0.4, 0.5) is 10.1 Å². The van der Waals surface area contributed by atoms with E-state index in [4.69, 9.17) is 9.47 Å². The van der Waals surface area contributed by atoms with Crippen LogP contribution in [0.1, 0.15) is 50.7 Å². The Morgan fingerprint density at radius 2 is 1.88 bits per heavy atom. The lowest BCUT2D eigenvalue weighted by atomic mass is 9.89. The van der Waals surface area contributed by atoms with E-state index in [0.29, 0.717) is 5.69 Å². The number of unbranched alkanes of at least 4 members (excludes halogenated alkanes) is 2. The average molecular weight is 354 g/mol. The highest BCUT2D eigenvalue weighted by Crippen LogP contribution is 2.38. The van der Waals surface area contributed by atoms with Crippen LogP contribution in [-0.4, -0.2) is 23.1 Å². The molecule has 2 aromatic rings. The molecular weight excluding hydrogens is 329 g/mol. The normalized spacial score (nSPS) is 18.2. The Balaban J connectivity index is 1.88. The Kier molecular flexibility index (Phi) is 4.66. The Morgan fingerprint density at radius 3 is 2.65 bits per heavy atom. The fraction of sp³-hybridized carbons (Fsp3) is 0.409. The van der Waals surface area contributed by atoms with Gasteiger partial charge in [-0.15, -0.1) is 0 Å². The molecule has 0 saturated heterocycles. The van der Waals surface area contributed by atoms with Gasteiger partial charge < -0.3 is 9.47 Å². The first-order valence-corrected chi connectivity index (χ1v) is 9.51. The molecule has 0 fully saturated rings. The second-order valence-corrected chi connectivity index (χ2v) is 7.14. The molecule has 4 rings (SSSR count). The summed E-state index contributed by atoms with van der Waals surface area (Å²) < 4.78 is 28.0. The van der Waals surface area contributed by atoms with Crippen molar-refractivity contribution in [3.63, 3.8) is 0 Å². The number of hydrogen-bond acceptors (Lipinski definition) is 2. The van der Waals surface area contributed by atoms with Gasteiger partial charge in [-0.2, -0.15) is 8.97 Å². The van der Waals surface area contributed by atoms with Crippen LogP contribution in [-0.2, 0) is 6.42 Å². The molecule has 0 N–H and O–H groups in total. The van der Waals surface area contributed by atoms with Gasteiger partial charge in [-0.1, -0.05) is 31.9 Å². The lowest BCUT2D eigenvalue weighted by molar-refractivity contribution is -0.485. The molecular formula is C22H25FNO2+. The maximum absolute atomic E-state index is 14.6. The van der Waals surface area contributed by atoms with Crippen molar-refractivity contribution in [1.29, 1.82) is 0 Å². The quantitative estimate of drug-likeness (QED) is 0.543. The van der Waals surface area contributed by atoms with Crippen molar-refractivity contribution in [3.05, 3.63) is 53.3 Å². The predicted molar refractivity (Wildman–Crippen MR) is 100 cm³/mol. The lowest BCUT2D eigenvalue weighted by Crippen LogP contribution is -2.34. The highest BCUT2D eigenvalue weighted by atomic mass is 19.1. The minimum absolute atomic E-state index is 0.170. The summed E-state index contributed by atoms with van der Waals surface area (Å²) in [6, 6.07) is 11.5. The summed E-state index contributed by atoms with van der Waals surface area (Å²) in [5, 5.41) is 0. The van der Waals surface area contributed by atoms with E-state index in [0.717, 1.165) is 37.2 Å². The van der Waals surface area contributed by atoms with Crippen molar-refractivity contribution in [1.82, 2.24) is 0 Å². The molecule has 0 saturated carbocycles. The largest absolute Gasteiger partial charge is 0.454 e. The topological polar surface area (TPSA) is 21.5 Å². The van der Waals surface area contributed by atoms with Crippen LogP contribution in [0.2, 0.25) is 0 Å². The number of fused-ring (bicyclic) bond motifs is 2. The molecule has 0 aromatic heterocycles. The van der Waals surface area contributed by atoms with Gasteiger partial charge in [0, 0.05) is 24.5 Å². The molecule has 0 aliphatic carbocycles. The summed E-state index contributed by atoms with van der Waals surface area (Å²) in [6.07, 6.45) is 5.22. The SMILES string of the molecule is CCCCCC1=[N+](c2ccccc2F)C(C)Cc2cc3c(cc21)OCO3. The average Bonchev–Trinajstić information content (AvgIpc) is 3.08. The summed E-state index contributed by atoms with van der Waals surface area (Å²) in [7, 11) is 0. The molecule has 0 radical (unpaired) electrons. The predicted octanol–water partition coefficient (Wildman–Crippen LogP) is 5.21. The van der Waals surface area contributed by atoms with Crippen LogP contribution in [0.25, 0.3) is 0 Å². The zero-order valence-electron chi connectivity index (χ0n) is 15.4. The van der Waals surface area contributed by atoms with Gasteiger partial charge in [0.1, 0.15) is 0 Å². The third-order valence-corrected chi connectivity index (χ3v) is 5.29. The molecule has 1 atom stereocenters. The molecule has 4 heteroatoms. The fourth-order valence-electron chi connectivity index (χ4n) is 4.05. The molecule has 2 heterocycles. The number of halogens is 1. The monoisotopic (exact) mass is 354 g/mol. The summed E-state index contributed by atoms with van der Waals surface area (Å²) in [4.78, 5) is 0.